The third-order valence-corrected chi connectivity index (χ3v) is 4.23. The molecular weight excluding hydrogens is 349 g/mol. The highest BCUT2D eigenvalue weighted by molar-refractivity contribution is 6.40. The third kappa shape index (κ3) is 3.42. The summed E-state index contributed by atoms with van der Waals surface area (Å²) >= 11 is 12.3. The number of halogens is 2. The second-order valence-corrected chi connectivity index (χ2v) is 5.91. The highest BCUT2D eigenvalue weighted by Gasteiger charge is 2.13. The van der Waals surface area contributed by atoms with Crippen molar-refractivity contribution in [3.63, 3.8) is 0 Å². The number of hydrogen-bond acceptors (Lipinski definition) is 4. The largest absolute Gasteiger partial charge is 0.466 e. The smallest absolute Gasteiger partial charge is 0.262 e. The van der Waals surface area contributed by atoms with Gasteiger partial charge in [-0.25, -0.2) is 0 Å². The number of carbonyl (C=O) groups is 1. The molecule has 1 aromatic heterocycles. The molecule has 1 amide bonds. The van der Waals surface area contributed by atoms with E-state index in [1.54, 1.807) is 18.3 Å². The van der Waals surface area contributed by atoms with Crippen LogP contribution in [-0.4, -0.2) is 22.7 Å². The van der Waals surface area contributed by atoms with Crippen molar-refractivity contribution in [1.82, 2.24) is 10.2 Å². The number of amides is 1. The van der Waals surface area contributed by atoms with Crippen molar-refractivity contribution in [3.05, 3.63) is 58.2 Å². The summed E-state index contributed by atoms with van der Waals surface area (Å²) < 4.78 is 5.49. The zero-order chi connectivity index (χ0) is 17.1. The van der Waals surface area contributed by atoms with E-state index in [1.165, 1.54) is 0 Å². The van der Waals surface area contributed by atoms with E-state index in [1.807, 2.05) is 31.2 Å². The Balaban J connectivity index is 1.73. The molecule has 0 saturated carbocycles. The fourth-order valence-electron chi connectivity index (χ4n) is 2.19. The molecule has 0 fully saturated rings. The number of hydrogen-bond donors (Lipinski definition) is 1. The number of rotatable bonds is 4. The van der Waals surface area contributed by atoms with Gasteiger partial charge in [-0.05, 0) is 24.6 Å². The monoisotopic (exact) mass is 361 g/mol. The molecule has 122 valence electrons. The van der Waals surface area contributed by atoms with Crippen molar-refractivity contribution in [2.75, 3.05) is 11.9 Å². The third-order valence-electron chi connectivity index (χ3n) is 3.43. The highest BCUT2D eigenvalue weighted by atomic mass is 35.5. The zero-order valence-electron chi connectivity index (χ0n) is 12.7. The number of aromatic nitrogens is 2. The van der Waals surface area contributed by atoms with Gasteiger partial charge in [0.05, 0.1) is 21.9 Å². The minimum atomic E-state index is -0.390. The number of nitrogens with zero attached hydrogens (tertiary/aromatic N) is 2. The predicted molar refractivity (Wildman–Crippen MR) is 94.9 cm³/mol. The normalized spacial score (nSPS) is 10.6. The minimum absolute atomic E-state index is 0.233. The molecule has 2 aromatic carbocycles. The Labute approximate surface area is 148 Å². The Hall–Kier alpha value is -2.37. The average Bonchev–Trinajstić information content (AvgIpc) is 2.60. The summed E-state index contributed by atoms with van der Waals surface area (Å²) in [6.45, 7) is 1.60. The van der Waals surface area contributed by atoms with Gasteiger partial charge in [0, 0.05) is 10.8 Å². The molecule has 0 bridgehead atoms. The molecular formula is C17H13Cl2N3O2. The zero-order valence-corrected chi connectivity index (χ0v) is 14.2. The van der Waals surface area contributed by atoms with Gasteiger partial charge in [-0.2, -0.15) is 5.10 Å². The van der Waals surface area contributed by atoms with Gasteiger partial charge in [-0.1, -0.05) is 47.5 Å². The van der Waals surface area contributed by atoms with Crippen molar-refractivity contribution in [2.45, 2.75) is 6.92 Å². The molecule has 3 aromatic rings. The standard InChI is InChI=1S/C17H13Cl2N3O2/c1-10-6-7-13(18)16(15(10)19)21-14(23)9-24-17-12-5-3-2-4-11(12)8-20-22-17/h2-8H,9H2,1H3,(H,21,23). The van der Waals surface area contributed by atoms with Crippen molar-refractivity contribution in [3.8, 4) is 5.88 Å². The number of benzene rings is 2. The number of aryl methyl sites for hydroxylation is 1. The van der Waals surface area contributed by atoms with Crippen molar-refractivity contribution in [2.24, 2.45) is 0 Å². The van der Waals surface area contributed by atoms with Gasteiger partial charge < -0.3 is 10.1 Å². The number of ether oxygens (including phenoxy) is 1. The molecule has 0 radical (unpaired) electrons. The van der Waals surface area contributed by atoms with Gasteiger partial charge in [-0.3, -0.25) is 4.79 Å². The molecule has 0 atom stereocenters. The van der Waals surface area contributed by atoms with E-state index in [0.717, 1.165) is 16.3 Å². The molecule has 0 aliphatic heterocycles. The highest BCUT2D eigenvalue weighted by Crippen LogP contribution is 2.32. The lowest BCUT2D eigenvalue weighted by Crippen LogP contribution is -2.21. The summed E-state index contributed by atoms with van der Waals surface area (Å²) in [5.74, 6) is -0.0937. The van der Waals surface area contributed by atoms with Crippen LogP contribution in [0.5, 0.6) is 5.88 Å². The fourth-order valence-corrected chi connectivity index (χ4v) is 2.65. The van der Waals surface area contributed by atoms with E-state index in [4.69, 9.17) is 27.9 Å². The van der Waals surface area contributed by atoms with E-state index < -0.39 is 0 Å². The van der Waals surface area contributed by atoms with Crippen LogP contribution in [0.3, 0.4) is 0 Å². The number of anilines is 1. The number of fused-ring (bicyclic) bond motifs is 1. The Morgan fingerprint density at radius 1 is 1.21 bits per heavy atom. The summed E-state index contributed by atoms with van der Waals surface area (Å²) in [4.78, 5) is 12.1. The van der Waals surface area contributed by atoms with Crippen LogP contribution in [0.4, 0.5) is 5.69 Å². The Kier molecular flexibility index (Phi) is 4.83. The van der Waals surface area contributed by atoms with Gasteiger partial charge in [-0.15, -0.1) is 5.10 Å². The predicted octanol–water partition coefficient (Wildman–Crippen LogP) is 4.26. The van der Waals surface area contributed by atoms with E-state index in [-0.39, 0.29) is 12.5 Å². The van der Waals surface area contributed by atoms with Gasteiger partial charge >= 0.3 is 0 Å². The molecule has 1 N–H and O–H groups in total. The van der Waals surface area contributed by atoms with Crippen LogP contribution in [0.2, 0.25) is 10.0 Å². The summed E-state index contributed by atoms with van der Waals surface area (Å²) in [6.07, 6.45) is 1.63. The van der Waals surface area contributed by atoms with E-state index in [2.05, 4.69) is 15.5 Å². The second-order valence-electron chi connectivity index (χ2n) is 5.13. The maximum atomic E-state index is 12.1. The van der Waals surface area contributed by atoms with Crippen LogP contribution in [-0.2, 0) is 4.79 Å². The van der Waals surface area contributed by atoms with Crippen molar-refractivity contribution in [1.29, 1.82) is 0 Å². The van der Waals surface area contributed by atoms with E-state index in [0.29, 0.717) is 21.6 Å². The van der Waals surface area contributed by atoms with Crippen LogP contribution in [0.25, 0.3) is 10.8 Å². The Morgan fingerprint density at radius 3 is 2.83 bits per heavy atom. The molecule has 0 aliphatic carbocycles. The van der Waals surface area contributed by atoms with Crippen LogP contribution in [0.15, 0.2) is 42.6 Å². The average molecular weight is 362 g/mol. The summed E-state index contributed by atoms with van der Waals surface area (Å²) in [6, 6.07) is 11.0. The first-order valence-corrected chi connectivity index (χ1v) is 7.89. The molecule has 7 heteroatoms. The molecule has 1 heterocycles. The SMILES string of the molecule is Cc1ccc(Cl)c(NC(=O)COc2nncc3ccccc23)c1Cl. The van der Waals surface area contributed by atoms with Gasteiger partial charge in [0.15, 0.2) is 6.61 Å². The first kappa shape index (κ1) is 16.5. The van der Waals surface area contributed by atoms with Crippen LogP contribution < -0.4 is 10.1 Å². The summed E-state index contributed by atoms with van der Waals surface area (Å²) in [7, 11) is 0. The fraction of sp³-hybridized carbons (Fsp3) is 0.118. The van der Waals surface area contributed by atoms with Gasteiger partial charge in [0.25, 0.3) is 5.91 Å². The molecule has 0 saturated heterocycles. The quantitative estimate of drug-likeness (QED) is 0.753. The molecule has 0 unspecified atom stereocenters. The van der Waals surface area contributed by atoms with Gasteiger partial charge in [0.1, 0.15) is 0 Å². The topological polar surface area (TPSA) is 64.1 Å². The molecule has 0 aliphatic rings. The van der Waals surface area contributed by atoms with Crippen LogP contribution in [0.1, 0.15) is 5.56 Å². The molecule has 5 nitrogen and oxygen atoms in total. The molecule has 3 rings (SSSR count). The summed E-state index contributed by atoms with van der Waals surface area (Å²) in [5, 5.41) is 12.9. The Morgan fingerprint density at radius 2 is 2.00 bits per heavy atom. The minimum Gasteiger partial charge on any atom is -0.466 e. The van der Waals surface area contributed by atoms with Crippen molar-refractivity contribution < 1.29 is 9.53 Å². The lowest BCUT2D eigenvalue weighted by Gasteiger charge is -2.12. The lowest BCUT2D eigenvalue weighted by atomic mass is 10.2. The van der Waals surface area contributed by atoms with E-state index >= 15 is 0 Å². The first-order chi connectivity index (χ1) is 11.6. The maximum absolute atomic E-state index is 12.1. The number of nitrogens with one attached hydrogen (secondary N) is 1. The van der Waals surface area contributed by atoms with Crippen LogP contribution >= 0.6 is 23.2 Å². The molecule has 0 spiro atoms. The Bertz CT molecular complexity index is 910. The molecule has 24 heavy (non-hydrogen) atoms. The van der Waals surface area contributed by atoms with Crippen LogP contribution in [0, 0.1) is 6.92 Å². The maximum Gasteiger partial charge on any atom is 0.262 e. The van der Waals surface area contributed by atoms with Crippen molar-refractivity contribution >= 4 is 45.6 Å². The first-order valence-electron chi connectivity index (χ1n) is 7.14. The second kappa shape index (κ2) is 7.03. The number of carbonyl (C=O) groups excluding carboxylic acids is 1. The van der Waals surface area contributed by atoms with Gasteiger partial charge in [0.2, 0.25) is 5.88 Å². The van der Waals surface area contributed by atoms with E-state index in [9.17, 15) is 4.79 Å². The summed E-state index contributed by atoms with van der Waals surface area (Å²) in [5.41, 5.74) is 1.19. The lowest BCUT2D eigenvalue weighted by molar-refractivity contribution is -0.118.